The van der Waals surface area contributed by atoms with Gasteiger partial charge in [0, 0.05) is 9.75 Å². The van der Waals surface area contributed by atoms with E-state index in [0.29, 0.717) is 6.54 Å². The molecule has 0 bridgehead atoms. The number of nitrogens with one attached hydrogen (secondary N) is 1. The van der Waals surface area contributed by atoms with E-state index in [2.05, 4.69) is 24.4 Å². The number of amides is 2. The zero-order valence-corrected chi connectivity index (χ0v) is 13.5. The SMILES string of the molecule is Cc1ccc(CN2C(=O)C3(CCCCC3)NC(=O)C2C)s1. The smallest absolute Gasteiger partial charge is 0.249 e. The molecule has 2 aliphatic rings. The van der Waals surface area contributed by atoms with Crippen molar-refractivity contribution in [3.63, 3.8) is 0 Å². The van der Waals surface area contributed by atoms with Crippen LogP contribution in [0.3, 0.4) is 0 Å². The molecule has 1 saturated heterocycles. The lowest BCUT2D eigenvalue weighted by Gasteiger charge is -2.46. The maximum atomic E-state index is 13.0. The van der Waals surface area contributed by atoms with E-state index in [1.165, 1.54) is 4.88 Å². The van der Waals surface area contributed by atoms with Gasteiger partial charge in [0.2, 0.25) is 11.8 Å². The van der Waals surface area contributed by atoms with Crippen LogP contribution in [0.4, 0.5) is 0 Å². The van der Waals surface area contributed by atoms with E-state index >= 15 is 0 Å². The lowest BCUT2D eigenvalue weighted by molar-refractivity contribution is -0.156. The highest BCUT2D eigenvalue weighted by molar-refractivity contribution is 7.11. The third kappa shape index (κ3) is 2.59. The normalized spacial score (nSPS) is 25.2. The molecule has 4 nitrogen and oxygen atoms in total. The summed E-state index contributed by atoms with van der Waals surface area (Å²) in [4.78, 5) is 29.5. The van der Waals surface area contributed by atoms with Gasteiger partial charge in [-0.05, 0) is 38.8 Å². The number of carbonyl (C=O) groups is 2. The number of aryl methyl sites for hydroxylation is 1. The third-order valence-electron chi connectivity index (χ3n) is 4.71. The minimum Gasteiger partial charge on any atom is -0.340 e. The summed E-state index contributed by atoms with van der Waals surface area (Å²) in [5.74, 6) is 0.102. The molecule has 114 valence electrons. The maximum absolute atomic E-state index is 13.0. The van der Waals surface area contributed by atoms with E-state index in [1.807, 2.05) is 6.92 Å². The Bertz CT molecular complexity index is 560. The molecule has 1 aromatic heterocycles. The van der Waals surface area contributed by atoms with Crippen molar-refractivity contribution in [2.75, 3.05) is 0 Å². The van der Waals surface area contributed by atoms with Crippen molar-refractivity contribution in [1.82, 2.24) is 10.2 Å². The van der Waals surface area contributed by atoms with E-state index in [9.17, 15) is 9.59 Å². The van der Waals surface area contributed by atoms with Crippen LogP contribution in [-0.4, -0.2) is 28.3 Å². The monoisotopic (exact) mass is 306 g/mol. The summed E-state index contributed by atoms with van der Waals surface area (Å²) in [7, 11) is 0. The van der Waals surface area contributed by atoms with Crippen LogP contribution in [0.2, 0.25) is 0 Å². The Morgan fingerprint density at radius 1 is 1.29 bits per heavy atom. The van der Waals surface area contributed by atoms with E-state index < -0.39 is 5.54 Å². The second-order valence-corrected chi connectivity index (χ2v) is 7.63. The lowest BCUT2D eigenvalue weighted by atomic mass is 9.78. The van der Waals surface area contributed by atoms with Gasteiger partial charge in [-0.1, -0.05) is 19.3 Å². The highest BCUT2D eigenvalue weighted by atomic mass is 32.1. The molecule has 0 radical (unpaired) electrons. The van der Waals surface area contributed by atoms with E-state index in [-0.39, 0.29) is 17.9 Å². The molecule has 2 fully saturated rings. The number of hydrogen-bond acceptors (Lipinski definition) is 3. The van der Waals surface area contributed by atoms with Crippen LogP contribution >= 0.6 is 11.3 Å². The molecule has 2 heterocycles. The molecule has 1 atom stereocenters. The first-order valence-corrected chi connectivity index (χ1v) is 8.52. The molecule has 3 rings (SSSR count). The number of nitrogens with zero attached hydrogens (tertiary/aromatic N) is 1. The zero-order chi connectivity index (χ0) is 15.0. The minimum atomic E-state index is -0.631. The number of thiophene rings is 1. The zero-order valence-electron chi connectivity index (χ0n) is 12.6. The van der Waals surface area contributed by atoms with Crippen LogP contribution in [0.25, 0.3) is 0 Å². The summed E-state index contributed by atoms with van der Waals surface area (Å²) in [6.07, 6.45) is 4.76. The van der Waals surface area contributed by atoms with Gasteiger partial charge in [0.25, 0.3) is 0 Å². The van der Waals surface area contributed by atoms with Gasteiger partial charge in [-0.2, -0.15) is 0 Å². The second kappa shape index (κ2) is 5.44. The summed E-state index contributed by atoms with van der Waals surface area (Å²) < 4.78 is 0. The van der Waals surface area contributed by atoms with E-state index in [0.717, 1.165) is 37.0 Å². The van der Waals surface area contributed by atoms with Crippen molar-refractivity contribution in [2.45, 2.75) is 64.1 Å². The fraction of sp³-hybridized carbons (Fsp3) is 0.625. The summed E-state index contributed by atoms with van der Waals surface area (Å²) >= 11 is 1.70. The van der Waals surface area contributed by atoms with Gasteiger partial charge < -0.3 is 10.2 Å². The van der Waals surface area contributed by atoms with Crippen molar-refractivity contribution in [3.05, 3.63) is 21.9 Å². The van der Waals surface area contributed by atoms with Gasteiger partial charge in [0.1, 0.15) is 11.6 Å². The van der Waals surface area contributed by atoms with Crippen LogP contribution in [0, 0.1) is 6.92 Å². The summed E-state index contributed by atoms with van der Waals surface area (Å²) in [6.45, 7) is 4.43. The Morgan fingerprint density at radius 3 is 2.62 bits per heavy atom. The molecule has 0 aromatic carbocycles. The molecule has 1 aliphatic carbocycles. The predicted octanol–water partition coefficient (Wildman–Crippen LogP) is 2.61. The molecule has 2 amide bonds. The summed E-state index contributed by atoms with van der Waals surface area (Å²) in [5, 5.41) is 3.03. The first-order chi connectivity index (χ1) is 10.0. The van der Waals surface area contributed by atoms with Gasteiger partial charge in [0.15, 0.2) is 0 Å². The number of piperazine rings is 1. The quantitative estimate of drug-likeness (QED) is 0.913. The van der Waals surface area contributed by atoms with Gasteiger partial charge in [-0.15, -0.1) is 11.3 Å². The Labute approximate surface area is 129 Å². The predicted molar refractivity (Wildman–Crippen MR) is 83.0 cm³/mol. The van der Waals surface area contributed by atoms with Gasteiger partial charge in [-0.25, -0.2) is 0 Å². The first-order valence-electron chi connectivity index (χ1n) is 7.70. The molecular weight excluding hydrogens is 284 g/mol. The second-order valence-electron chi connectivity index (χ2n) is 6.25. The summed E-state index contributed by atoms with van der Waals surface area (Å²) in [5.41, 5.74) is -0.631. The van der Waals surface area contributed by atoms with Crippen LogP contribution in [0.5, 0.6) is 0 Å². The van der Waals surface area contributed by atoms with Crippen molar-refractivity contribution < 1.29 is 9.59 Å². The minimum absolute atomic E-state index is 0.00946. The maximum Gasteiger partial charge on any atom is 0.249 e. The molecule has 1 N–H and O–H groups in total. The van der Waals surface area contributed by atoms with Gasteiger partial charge in [-0.3, -0.25) is 9.59 Å². The fourth-order valence-corrected chi connectivity index (χ4v) is 4.32. The van der Waals surface area contributed by atoms with Crippen molar-refractivity contribution in [1.29, 1.82) is 0 Å². The van der Waals surface area contributed by atoms with Crippen molar-refractivity contribution >= 4 is 23.2 Å². The van der Waals surface area contributed by atoms with Crippen molar-refractivity contribution in [2.24, 2.45) is 0 Å². The van der Waals surface area contributed by atoms with E-state index in [4.69, 9.17) is 0 Å². The molecule has 21 heavy (non-hydrogen) atoms. The first kappa shape index (κ1) is 14.6. The van der Waals surface area contributed by atoms with Crippen LogP contribution in [0.1, 0.15) is 48.8 Å². The Kier molecular flexibility index (Phi) is 3.78. The largest absolute Gasteiger partial charge is 0.340 e. The van der Waals surface area contributed by atoms with Crippen LogP contribution in [-0.2, 0) is 16.1 Å². The molecular formula is C16H22N2O2S. The topological polar surface area (TPSA) is 49.4 Å². The van der Waals surface area contributed by atoms with Gasteiger partial charge in [0.05, 0.1) is 6.54 Å². The molecule has 1 aliphatic heterocycles. The Balaban J connectivity index is 1.86. The van der Waals surface area contributed by atoms with Crippen molar-refractivity contribution in [3.8, 4) is 0 Å². The number of rotatable bonds is 2. The lowest BCUT2D eigenvalue weighted by Crippen LogP contribution is -2.69. The standard InChI is InChI=1S/C16H22N2O2S/c1-11-6-7-13(21-11)10-18-12(2)14(19)17-16(15(18)20)8-4-3-5-9-16/h6-7,12H,3-5,8-10H2,1-2H3,(H,17,19). The number of carbonyl (C=O) groups excluding carboxylic acids is 2. The average Bonchev–Trinajstić information content (AvgIpc) is 2.88. The average molecular weight is 306 g/mol. The molecule has 1 unspecified atom stereocenters. The third-order valence-corrected chi connectivity index (χ3v) is 5.69. The van der Waals surface area contributed by atoms with Crippen LogP contribution < -0.4 is 5.32 Å². The molecule has 1 spiro atoms. The Morgan fingerprint density at radius 2 is 2.00 bits per heavy atom. The summed E-state index contributed by atoms with van der Waals surface area (Å²) in [6, 6.07) is 3.74. The van der Waals surface area contributed by atoms with Gasteiger partial charge >= 0.3 is 0 Å². The van der Waals surface area contributed by atoms with Crippen LogP contribution in [0.15, 0.2) is 12.1 Å². The highest BCUT2D eigenvalue weighted by Gasteiger charge is 2.49. The fourth-order valence-electron chi connectivity index (χ4n) is 3.43. The highest BCUT2D eigenvalue weighted by Crippen LogP contribution is 2.34. The molecule has 1 saturated carbocycles. The number of hydrogen-bond donors (Lipinski definition) is 1. The molecule has 1 aromatic rings. The van der Waals surface area contributed by atoms with E-state index in [1.54, 1.807) is 16.2 Å². The Hall–Kier alpha value is -1.36. The molecule has 5 heteroatoms.